The molecule has 1 saturated carbocycles. The van der Waals surface area contributed by atoms with E-state index in [0.29, 0.717) is 5.69 Å². The molecule has 7 heteroatoms. The maximum atomic E-state index is 13.1. The Labute approximate surface area is 197 Å². The van der Waals surface area contributed by atoms with Crippen LogP contribution in [0, 0.1) is 36.5 Å². The number of allylic oxidation sites excluding steroid dienone is 2. The van der Waals surface area contributed by atoms with Crippen LogP contribution in [0.15, 0.2) is 60.7 Å². The summed E-state index contributed by atoms with van der Waals surface area (Å²) in [6, 6.07) is 14.1. The van der Waals surface area contributed by atoms with Gasteiger partial charge in [0.2, 0.25) is 17.7 Å². The molecule has 0 spiro atoms. The van der Waals surface area contributed by atoms with Crippen molar-refractivity contribution in [2.24, 2.45) is 29.6 Å². The number of amides is 3. The molecule has 2 aromatic carbocycles. The van der Waals surface area contributed by atoms with Crippen molar-refractivity contribution in [3.63, 3.8) is 0 Å². The summed E-state index contributed by atoms with van der Waals surface area (Å²) in [5, 5.41) is 0. The molecule has 6 rings (SSSR count). The third kappa shape index (κ3) is 3.18. The Morgan fingerprint density at radius 2 is 1.59 bits per heavy atom. The van der Waals surface area contributed by atoms with E-state index in [-0.39, 0.29) is 60.1 Å². The Bertz CT molecular complexity index is 1220. The third-order valence-electron chi connectivity index (χ3n) is 7.57. The standard InChI is InChI=1S/C27H24N2O5/c1-15-5-9-19(10-6-15)28-14-18(12-22(28)30)27(33)34-21-4-2-3-20(13-21)29-25(31)23-16-7-8-17(11-16)24(23)26(29)32/h2-10,13,16-18,23-24H,11-12,14H2,1H3/t16-,17-,18-,23-,24+/m0/s1. The van der Waals surface area contributed by atoms with Crippen molar-refractivity contribution >= 4 is 35.1 Å². The lowest BCUT2D eigenvalue weighted by atomic mass is 9.85. The molecule has 172 valence electrons. The van der Waals surface area contributed by atoms with Crippen LogP contribution in [0.25, 0.3) is 0 Å². The van der Waals surface area contributed by atoms with E-state index in [0.717, 1.165) is 17.7 Å². The smallest absolute Gasteiger partial charge is 0.316 e. The number of aryl methyl sites for hydroxylation is 1. The fraction of sp³-hybridized carbons (Fsp3) is 0.333. The van der Waals surface area contributed by atoms with Crippen molar-refractivity contribution in [2.45, 2.75) is 19.8 Å². The minimum atomic E-state index is -0.589. The molecule has 2 aromatic rings. The lowest BCUT2D eigenvalue weighted by Crippen LogP contribution is -2.32. The Morgan fingerprint density at radius 1 is 0.912 bits per heavy atom. The Balaban J connectivity index is 1.16. The second-order valence-electron chi connectivity index (χ2n) is 9.67. The van der Waals surface area contributed by atoms with E-state index >= 15 is 0 Å². The number of carbonyl (C=O) groups is 4. The summed E-state index contributed by atoms with van der Waals surface area (Å²) in [4.78, 5) is 54.4. The molecule has 2 aliphatic carbocycles. The quantitative estimate of drug-likeness (QED) is 0.305. The van der Waals surface area contributed by atoms with Gasteiger partial charge in [-0.3, -0.25) is 19.2 Å². The zero-order chi connectivity index (χ0) is 23.6. The van der Waals surface area contributed by atoms with Crippen molar-refractivity contribution in [1.29, 1.82) is 0 Å². The van der Waals surface area contributed by atoms with E-state index < -0.39 is 11.9 Å². The molecule has 0 unspecified atom stereocenters. The summed E-state index contributed by atoms with van der Waals surface area (Å²) in [6.45, 7) is 2.23. The molecule has 7 nitrogen and oxygen atoms in total. The van der Waals surface area contributed by atoms with E-state index in [9.17, 15) is 19.2 Å². The Hall–Kier alpha value is -3.74. The minimum absolute atomic E-state index is 0.0780. The zero-order valence-electron chi connectivity index (χ0n) is 18.7. The number of fused-ring (bicyclic) bond motifs is 5. The Morgan fingerprint density at radius 3 is 2.26 bits per heavy atom. The van der Waals surface area contributed by atoms with Gasteiger partial charge in [0.15, 0.2) is 0 Å². The number of anilines is 2. The number of nitrogens with zero attached hydrogens (tertiary/aromatic N) is 2. The molecule has 2 bridgehead atoms. The van der Waals surface area contributed by atoms with E-state index in [1.54, 1.807) is 29.2 Å². The molecule has 3 fully saturated rings. The summed E-state index contributed by atoms with van der Waals surface area (Å²) in [5.41, 5.74) is 2.26. The highest BCUT2D eigenvalue weighted by molar-refractivity contribution is 6.22. The number of ether oxygens (including phenoxy) is 1. The highest BCUT2D eigenvalue weighted by atomic mass is 16.5. The maximum Gasteiger partial charge on any atom is 0.316 e. The number of rotatable bonds is 4. The van der Waals surface area contributed by atoms with E-state index in [4.69, 9.17) is 4.74 Å². The van der Waals surface area contributed by atoms with Gasteiger partial charge in [-0.25, -0.2) is 4.90 Å². The van der Waals surface area contributed by atoms with Crippen LogP contribution in [-0.4, -0.2) is 30.2 Å². The van der Waals surface area contributed by atoms with Gasteiger partial charge >= 0.3 is 5.97 Å². The molecule has 0 N–H and O–H groups in total. The second-order valence-corrected chi connectivity index (χ2v) is 9.67. The lowest BCUT2D eigenvalue weighted by molar-refractivity contribution is -0.139. The van der Waals surface area contributed by atoms with Crippen molar-refractivity contribution < 1.29 is 23.9 Å². The van der Waals surface area contributed by atoms with Crippen LogP contribution in [0.3, 0.4) is 0 Å². The minimum Gasteiger partial charge on any atom is -0.426 e. The van der Waals surface area contributed by atoms with Crippen LogP contribution < -0.4 is 14.5 Å². The van der Waals surface area contributed by atoms with Gasteiger partial charge in [0, 0.05) is 24.7 Å². The first-order valence-electron chi connectivity index (χ1n) is 11.7. The molecular weight excluding hydrogens is 432 g/mol. The fourth-order valence-electron chi connectivity index (χ4n) is 5.88. The van der Waals surface area contributed by atoms with Crippen LogP contribution in [0.2, 0.25) is 0 Å². The molecule has 0 aromatic heterocycles. The van der Waals surface area contributed by atoms with Crippen molar-refractivity contribution in [3.05, 3.63) is 66.2 Å². The number of hydrogen-bond acceptors (Lipinski definition) is 5. The summed E-state index contributed by atoms with van der Waals surface area (Å²) < 4.78 is 5.59. The molecule has 0 radical (unpaired) electrons. The summed E-state index contributed by atoms with van der Waals surface area (Å²) in [6.07, 6.45) is 5.07. The fourth-order valence-corrected chi connectivity index (χ4v) is 5.88. The first kappa shape index (κ1) is 20.8. The van der Waals surface area contributed by atoms with E-state index in [1.165, 1.54) is 4.90 Å². The number of benzene rings is 2. The Kier molecular flexibility index (Phi) is 4.69. The highest BCUT2D eigenvalue weighted by Crippen LogP contribution is 2.53. The lowest BCUT2D eigenvalue weighted by Gasteiger charge is -2.18. The van der Waals surface area contributed by atoms with Gasteiger partial charge in [-0.15, -0.1) is 0 Å². The number of hydrogen-bond donors (Lipinski definition) is 0. The molecule has 4 aliphatic rings. The van der Waals surface area contributed by atoms with Crippen molar-refractivity contribution in [3.8, 4) is 5.75 Å². The molecule has 34 heavy (non-hydrogen) atoms. The van der Waals surface area contributed by atoms with Gasteiger partial charge in [0.05, 0.1) is 23.4 Å². The van der Waals surface area contributed by atoms with Crippen LogP contribution in [0.1, 0.15) is 18.4 Å². The maximum absolute atomic E-state index is 13.1. The average Bonchev–Trinajstić information content (AvgIpc) is 3.58. The molecule has 5 atom stereocenters. The topological polar surface area (TPSA) is 84.0 Å². The van der Waals surface area contributed by atoms with E-state index in [1.807, 2.05) is 31.2 Å². The van der Waals surface area contributed by atoms with Crippen LogP contribution in [-0.2, 0) is 19.2 Å². The predicted octanol–water partition coefficient (Wildman–Crippen LogP) is 3.27. The average molecular weight is 456 g/mol. The van der Waals surface area contributed by atoms with Crippen molar-refractivity contribution in [1.82, 2.24) is 0 Å². The van der Waals surface area contributed by atoms with Crippen molar-refractivity contribution in [2.75, 3.05) is 16.3 Å². The van der Waals surface area contributed by atoms with Gasteiger partial charge in [-0.2, -0.15) is 0 Å². The van der Waals surface area contributed by atoms with Gasteiger partial charge < -0.3 is 9.64 Å². The monoisotopic (exact) mass is 456 g/mol. The van der Waals surface area contributed by atoms with Gasteiger partial charge in [-0.05, 0) is 49.4 Å². The number of esters is 1. The van der Waals surface area contributed by atoms with Crippen LogP contribution >= 0.6 is 0 Å². The summed E-state index contributed by atoms with van der Waals surface area (Å²) in [7, 11) is 0. The van der Waals surface area contributed by atoms with Gasteiger partial charge in [0.1, 0.15) is 5.75 Å². The molecule has 2 saturated heterocycles. The predicted molar refractivity (Wildman–Crippen MR) is 124 cm³/mol. The largest absolute Gasteiger partial charge is 0.426 e. The normalized spacial score (nSPS) is 29.3. The van der Waals surface area contributed by atoms with E-state index in [2.05, 4.69) is 12.2 Å². The molecule has 2 aliphatic heterocycles. The van der Waals surface area contributed by atoms with Gasteiger partial charge in [0.25, 0.3) is 0 Å². The first-order valence-corrected chi connectivity index (χ1v) is 11.7. The SMILES string of the molecule is Cc1ccc(N2C[C@@H](C(=O)Oc3cccc(N4C(=O)[C@@H]5[C@H](C4=O)[C@H]4C=C[C@H]5C4)c3)CC2=O)cc1. The summed E-state index contributed by atoms with van der Waals surface area (Å²) in [5.74, 6) is -1.62. The first-order chi connectivity index (χ1) is 16.4. The number of imide groups is 1. The highest BCUT2D eigenvalue weighted by Gasteiger charge is 2.59. The zero-order valence-corrected chi connectivity index (χ0v) is 18.7. The van der Waals surface area contributed by atoms with Crippen LogP contribution in [0.5, 0.6) is 5.75 Å². The second kappa shape index (κ2) is 7.65. The molecule has 2 heterocycles. The molecular formula is C27H24N2O5. The number of carbonyl (C=O) groups excluding carboxylic acids is 4. The van der Waals surface area contributed by atoms with Crippen LogP contribution in [0.4, 0.5) is 11.4 Å². The third-order valence-corrected chi connectivity index (χ3v) is 7.57. The van der Waals surface area contributed by atoms with Gasteiger partial charge in [-0.1, -0.05) is 35.9 Å². The summed E-state index contributed by atoms with van der Waals surface area (Å²) >= 11 is 0. The molecule has 3 amide bonds.